The molecular weight excluding hydrogens is 522 g/mol. The molecule has 0 fully saturated rings. The first-order valence-electron chi connectivity index (χ1n) is 12.6. The fourth-order valence-corrected chi connectivity index (χ4v) is 3.54. The van der Waals surface area contributed by atoms with Crippen LogP contribution >= 0.6 is 12.4 Å². The number of rotatable bonds is 16. The summed E-state index contributed by atoms with van der Waals surface area (Å²) in [6.07, 6.45) is 0.328. The summed E-state index contributed by atoms with van der Waals surface area (Å²) in [7, 11) is 6.93. The molecule has 0 saturated carbocycles. The van der Waals surface area contributed by atoms with Gasteiger partial charge in [0.15, 0.2) is 6.10 Å². The zero-order chi connectivity index (χ0) is 27.2. The number of carbonyl (C=O) groups is 1. The van der Waals surface area contributed by atoms with Gasteiger partial charge in [-0.25, -0.2) is 4.79 Å². The van der Waals surface area contributed by atoms with Gasteiger partial charge in [0.05, 0.1) is 20.3 Å². The zero-order valence-corrected chi connectivity index (χ0v) is 23.8. The molecule has 3 aromatic rings. The van der Waals surface area contributed by atoms with Crippen LogP contribution in [0.2, 0.25) is 0 Å². The molecule has 0 N–H and O–H groups in total. The maximum Gasteiger partial charge on any atom is 0.335 e. The lowest BCUT2D eigenvalue weighted by Gasteiger charge is -2.18. The summed E-state index contributed by atoms with van der Waals surface area (Å²) in [6, 6.07) is 22.7. The summed E-state index contributed by atoms with van der Waals surface area (Å²) in [4.78, 5) is 14.3. The highest BCUT2D eigenvalue weighted by atomic mass is 35.5. The first-order chi connectivity index (χ1) is 18.5. The van der Waals surface area contributed by atoms with Crippen LogP contribution in [0.4, 0.5) is 0 Å². The number of carbonyl (C=O) groups excluding carboxylic acids is 1. The number of hydrogen-bond acceptors (Lipinski definition) is 8. The monoisotopic (exact) mass is 559 g/mol. The normalized spacial score (nSPS) is 11.3. The molecule has 1 atom stereocenters. The summed E-state index contributed by atoms with van der Waals surface area (Å²) in [5, 5.41) is 0. The highest BCUT2D eigenvalue weighted by Gasteiger charge is 2.22. The summed E-state index contributed by atoms with van der Waals surface area (Å²) >= 11 is 0. The van der Waals surface area contributed by atoms with Crippen molar-refractivity contribution in [2.45, 2.75) is 18.9 Å². The van der Waals surface area contributed by atoms with E-state index in [1.165, 1.54) is 7.11 Å². The van der Waals surface area contributed by atoms with E-state index in [1.807, 2.05) is 91.8 Å². The van der Waals surface area contributed by atoms with E-state index in [0.29, 0.717) is 50.7 Å². The second-order valence-electron chi connectivity index (χ2n) is 8.81. The molecule has 212 valence electrons. The third-order valence-electron chi connectivity index (χ3n) is 5.62. The smallest absolute Gasteiger partial charge is 0.335 e. The number of nitrogens with zero attached hydrogens (tertiary/aromatic N) is 1. The van der Waals surface area contributed by atoms with Gasteiger partial charge >= 0.3 is 5.97 Å². The number of methoxy groups -OCH3 is 2. The SMILES string of the molecule is COc1cc(OCCCOc2ccc(Oc3ccccc3)cc2)ccc1C[C@H](OC)C(=O)OCCN(C)C.Cl. The number of ether oxygens (including phenoxy) is 6. The van der Waals surface area contributed by atoms with Crippen molar-refractivity contribution in [2.75, 3.05) is 54.7 Å². The average Bonchev–Trinajstić information content (AvgIpc) is 2.93. The second kappa shape index (κ2) is 17.2. The number of benzene rings is 3. The Kier molecular flexibility index (Phi) is 14.0. The number of hydrogen-bond donors (Lipinski definition) is 0. The van der Waals surface area contributed by atoms with Crippen LogP contribution in [-0.2, 0) is 20.7 Å². The molecule has 0 heterocycles. The van der Waals surface area contributed by atoms with Gasteiger partial charge in [-0.1, -0.05) is 24.3 Å². The molecule has 0 radical (unpaired) electrons. The van der Waals surface area contributed by atoms with E-state index in [9.17, 15) is 4.79 Å². The summed E-state index contributed by atoms with van der Waals surface area (Å²) in [5.41, 5.74) is 0.833. The maximum atomic E-state index is 12.4. The van der Waals surface area contributed by atoms with E-state index in [1.54, 1.807) is 7.11 Å². The molecule has 39 heavy (non-hydrogen) atoms. The van der Waals surface area contributed by atoms with Gasteiger partial charge < -0.3 is 33.3 Å². The highest BCUT2D eigenvalue weighted by molar-refractivity contribution is 5.85. The highest BCUT2D eigenvalue weighted by Crippen LogP contribution is 2.27. The van der Waals surface area contributed by atoms with Gasteiger partial charge in [0.2, 0.25) is 0 Å². The lowest BCUT2D eigenvalue weighted by atomic mass is 10.1. The van der Waals surface area contributed by atoms with Crippen LogP contribution in [-0.4, -0.2) is 71.7 Å². The minimum Gasteiger partial charge on any atom is -0.496 e. The molecule has 3 rings (SSSR count). The fourth-order valence-electron chi connectivity index (χ4n) is 3.54. The van der Waals surface area contributed by atoms with Crippen molar-refractivity contribution in [3.8, 4) is 28.7 Å². The lowest BCUT2D eigenvalue weighted by Crippen LogP contribution is -2.30. The zero-order valence-electron chi connectivity index (χ0n) is 23.0. The predicted octanol–water partition coefficient (Wildman–Crippen LogP) is 5.42. The molecule has 0 unspecified atom stereocenters. The van der Waals surface area contributed by atoms with Gasteiger partial charge in [-0.2, -0.15) is 0 Å². The van der Waals surface area contributed by atoms with Crippen molar-refractivity contribution < 1.29 is 33.2 Å². The standard InChI is InChI=1S/C30H37NO7.ClH/c1-31(2)17-20-37-30(32)29(34-4)21-23-11-12-27(22-28(23)33-3)36-19-8-18-35-24-13-15-26(16-14-24)38-25-9-6-5-7-10-25;/h5-7,9-16,22,29H,8,17-21H2,1-4H3;1H/t29-;/m0./s1. The van der Waals surface area contributed by atoms with Gasteiger partial charge in [0.25, 0.3) is 0 Å². The third kappa shape index (κ3) is 11.0. The number of likely N-dealkylation sites (N-methyl/N-ethyl adjacent to an activating group) is 1. The van der Waals surface area contributed by atoms with Crippen LogP contribution in [0.3, 0.4) is 0 Å². The van der Waals surface area contributed by atoms with Crippen LogP contribution in [0.5, 0.6) is 28.7 Å². The van der Waals surface area contributed by atoms with Gasteiger partial charge in [0, 0.05) is 32.6 Å². The Balaban J connectivity index is 0.00000533. The van der Waals surface area contributed by atoms with E-state index >= 15 is 0 Å². The number of halogens is 1. The molecular formula is C30H38ClNO7. The molecule has 0 aliphatic rings. The molecule has 0 aromatic heterocycles. The molecule has 0 spiro atoms. The summed E-state index contributed by atoms with van der Waals surface area (Å²) in [5.74, 6) is 3.22. The predicted molar refractivity (Wildman–Crippen MR) is 153 cm³/mol. The Hall–Kier alpha value is -3.46. The minimum absolute atomic E-state index is 0. The van der Waals surface area contributed by atoms with Crippen LogP contribution < -0.4 is 18.9 Å². The quantitative estimate of drug-likeness (QED) is 0.170. The topological polar surface area (TPSA) is 75.7 Å². The van der Waals surface area contributed by atoms with Crippen molar-refractivity contribution in [1.82, 2.24) is 4.90 Å². The van der Waals surface area contributed by atoms with Crippen molar-refractivity contribution in [3.63, 3.8) is 0 Å². The van der Waals surface area contributed by atoms with Crippen molar-refractivity contribution in [1.29, 1.82) is 0 Å². The summed E-state index contributed by atoms with van der Waals surface area (Å²) in [6.45, 7) is 1.96. The molecule has 3 aromatic carbocycles. The summed E-state index contributed by atoms with van der Waals surface area (Å²) < 4.78 is 33.7. The van der Waals surface area contributed by atoms with Crippen molar-refractivity contribution in [2.24, 2.45) is 0 Å². The average molecular weight is 560 g/mol. The Bertz CT molecular complexity index is 1110. The Morgan fingerprint density at radius 3 is 2.05 bits per heavy atom. The largest absolute Gasteiger partial charge is 0.496 e. The van der Waals surface area contributed by atoms with Crippen molar-refractivity contribution in [3.05, 3.63) is 78.4 Å². The Labute approximate surface area is 237 Å². The molecule has 0 aliphatic heterocycles. The molecule has 0 amide bonds. The first kappa shape index (κ1) is 31.8. The van der Waals surface area contributed by atoms with E-state index in [0.717, 1.165) is 22.8 Å². The van der Waals surface area contributed by atoms with Gasteiger partial charge in [0.1, 0.15) is 35.4 Å². The number of esters is 1. The fraction of sp³-hybridized carbons (Fsp3) is 0.367. The van der Waals surface area contributed by atoms with E-state index in [4.69, 9.17) is 28.4 Å². The van der Waals surface area contributed by atoms with Gasteiger partial charge in [-0.3, -0.25) is 0 Å². The minimum atomic E-state index is -0.714. The molecule has 8 nitrogen and oxygen atoms in total. The van der Waals surface area contributed by atoms with E-state index in [2.05, 4.69) is 0 Å². The third-order valence-corrected chi connectivity index (χ3v) is 5.62. The first-order valence-corrected chi connectivity index (χ1v) is 12.6. The second-order valence-corrected chi connectivity index (χ2v) is 8.81. The molecule has 9 heteroatoms. The van der Waals surface area contributed by atoms with Gasteiger partial charge in [-0.05, 0) is 62.1 Å². The number of para-hydroxylation sites is 1. The lowest BCUT2D eigenvalue weighted by molar-refractivity contribution is -0.155. The Morgan fingerprint density at radius 2 is 1.41 bits per heavy atom. The van der Waals surface area contributed by atoms with Crippen LogP contribution in [0, 0.1) is 0 Å². The molecule has 0 saturated heterocycles. The Morgan fingerprint density at radius 1 is 0.795 bits per heavy atom. The van der Waals surface area contributed by atoms with Crippen molar-refractivity contribution >= 4 is 18.4 Å². The van der Waals surface area contributed by atoms with Crippen LogP contribution in [0.15, 0.2) is 72.8 Å². The molecule has 0 bridgehead atoms. The van der Waals surface area contributed by atoms with E-state index in [-0.39, 0.29) is 12.4 Å². The van der Waals surface area contributed by atoms with Crippen LogP contribution in [0.1, 0.15) is 12.0 Å². The van der Waals surface area contributed by atoms with E-state index < -0.39 is 12.1 Å². The maximum absolute atomic E-state index is 12.4. The van der Waals surface area contributed by atoms with Crippen LogP contribution in [0.25, 0.3) is 0 Å². The van der Waals surface area contributed by atoms with Gasteiger partial charge in [-0.15, -0.1) is 12.4 Å². The molecule has 0 aliphatic carbocycles.